The summed E-state index contributed by atoms with van der Waals surface area (Å²) in [5.74, 6) is 0. The molecule has 0 N–H and O–H groups in total. The van der Waals surface area contributed by atoms with Gasteiger partial charge in [-0.3, -0.25) is 0 Å². The lowest BCUT2D eigenvalue weighted by molar-refractivity contribution is 1.51. The number of hydrogen-bond donors (Lipinski definition) is 0. The molecule has 0 saturated heterocycles. The lowest BCUT2D eigenvalue weighted by atomic mass is 10.4. The molecule has 0 aliphatic heterocycles. The quantitative estimate of drug-likeness (QED) is 0.547. The maximum atomic E-state index is 8.25. The van der Waals surface area contributed by atoms with E-state index < -0.39 is 0 Å². The normalized spacial score (nSPS) is 8.50. The highest BCUT2D eigenvalue weighted by Gasteiger charge is 1.91. The minimum atomic E-state index is 0.639. The van der Waals surface area contributed by atoms with E-state index in [2.05, 4.69) is 0 Å². The van der Waals surface area contributed by atoms with Crippen molar-refractivity contribution in [1.82, 2.24) is 0 Å². The summed E-state index contributed by atoms with van der Waals surface area (Å²) in [7, 11) is 0. The van der Waals surface area contributed by atoms with Gasteiger partial charge >= 0.3 is 0 Å². The lowest BCUT2D eigenvalue weighted by Gasteiger charge is -1.65. The van der Waals surface area contributed by atoms with Gasteiger partial charge < -0.3 is 0 Å². The SMILES string of the molecule is N#Cc1csc(Cl)c1. The number of nitrogens with zero attached hydrogens (tertiary/aromatic N) is 1. The van der Waals surface area contributed by atoms with E-state index >= 15 is 0 Å². The van der Waals surface area contributed by atoms with E-state index in [1.54, 1.807) is 11.4 Å². The fraction of sp³-hybridized carbons (Fsp3) is 0. The summed E-state index contributed by atoms with van der Waals surface area (Å²) < 4.78 is 0.668. The van der Waals surface area contributed by atoms with Crippen molar-refractivity contribution in [1.29, 1.82) is 5.26 Å². The van der Waals surface area contributed by atoms with Crippen molar-refractivity contribution >= 4 is 22.9 Å². The van der Waals surface area contributed by atoms with E-state index in [0.29, 0.717) is 9.90 Å². The molecular weight excluding hydrogens is 142 g/mol. The van der Waals surface area contributed by atoms with Gasteiger partial charge in [-0.2, -0.15) is 5.26 Å². The molecule has 0 aliphatic carbocycles. The Balaban J connectivity index is 3.05. The van der Waals surface area contributed by atoms with Gasteiger partial charge in [0.1, 0.15) is 6.07 Å². The Labute approximate surface area is 56.1 Å². The van der Waals surface area contributed by atoms with Gasteiger partial charge in [-0.05, 0) is 6.07 Å². The summed E-state index contributed by atoms with van der Waals surface area (Å²) in [4.78, 5) is 0. The zero-order valence-electron chi connectivity index (χ0n) is 3.89. The van der Waals surface area contributed by atoms with E-state index in [-0.39, 0.29) is 0 Å². The van der Waals surface area contributed by atoms with Gasteiger partial charge in [0.05, 0.1) is 9.90 Å². The molecular formula is C5H2ClNS. The first-order valence-electron chi connectivity index (χ1n) is 1.97. The molecule has 0 aliphatic rings. The van der Waals surface area contributed by atoms with Crippen LogP contribution in [-0.2, 0) is 0 Å². The van der Waals surface area contributed by atoms with Crippen LogP contribution in [0.3, 0.4) is 0 Å². The third-order valence-electron chi connectivity index (χ3n) is 0.697. The molecule has 0 amide bonds. The number of halogens is 1. The minimum Gasteiger partial charge on any atom is -0.192 e. The van der Waals surface area contributed by atoms with Crippen LogP contribution in [0.1, 0.15) is 5.56 Å². The highest BCUT2D eigenvalue weighted by molar-refractivity contribution is 7.14. The van der Waals surface area contributed by atoms with Crippen molar-refractivity contribution in [2.75, 3.05) is 0 Å². The molecule has 8 heavy (non-hydrogen) atoms. The monoisotopic (exact) mass is 143 g/mol. The Kier molecular flexibility index (Phi) is 1.52. The smallest absolute Gasteiger partial charge is 0.100 e. The zero-order chi connectivity index (χ0) is 5.98. The Morgan fingerprint density at radius 1 is 1.75 bits per heavy atom. The maximum absolute atomic E-state index is 8.25. The van der Waals surface area contributed by atoms with Crippen molar-refractivity contribution in [3.8, 4) is 6.07 Å². The van der Waals surface area contributed by atoms with Crippen LogP contribution in [0.5, 0.6) is 0 Å². The molecule has 1 nitrogen and oxygen atoms in total. The van der Waals surface area contributed by atoms with E-state index in [9.17, 15) is 0 Å². The van der Waals surface area contributed by atoms with Gasteiger partial charge in [0.2, 0.25) is 0 Å². The predicted molar refractivity (Wildman–Crippen MR) is 34.0 cm³/mol. The molecule has 1 aromatic heterocycles. The summed E-state index contributed by atoms with van der Waals surface area (Å²) in [6.45, 7) is 0. The van der Waals surface area contributed by atoms with Gasteiger partial charge in [0.15, 0.2) is 0 Å². The second kappa shape index (κ2) is 2.17. The van der Waals surface area contributed by atoms with Crippen LogP contribution in [0, 0.1) is 11.3 Å². The molecule has 0 saturated carbocycles. The largest absolute Gasteiger partial charge is 0.192 e. The standard InChI is InChI=1S/C5H2ClNS/c6-5-1-4(2-7)3-8-5/h1,3H. The predicted octanol–water partition coefficient (Wildman–Crippen LogP) is 2.27. The Bertz CT molecular complexity index is 223. The van der Waals surface area contributed by atoms with Crippen molar-refractivity contribution in [3.05, 3.63) is 21.3 Å². The molecule has 0 aromatic carbocycles. The second-order valence-electron chi connectivity index (χ2n) is 1.25. The Hall–Kier alpha value is -0.520. The number of nitriles is 1. The molecule has 0 fully saturated rings. The summed E-state index contributed by atoms with van der Waals surface area (Å²) in [6.07, 6.45) is 0. The molecule has 1 heterocycles. The molecule has 1 aromatic rings. The van der Waals surface area contributed by atoms with Crippen LogP contribution in [0.15, 0.2) is 11.4 Å². The highest BCUT2D eigenvalue weighted by Crippen LogP contribution is 2.18. The summed E-state index contributed by atoms with van der Waals surface area (Å²) in [6, 6.07) is 3.62. The van der Waals surface area contributed by atoms with Crippen LogP contribution in [-0.4, -0.2) is 0 Å². The fourth-order valence-corrected chi connectivity index (χ4v) is 1.18. The summed E-state index contributed by atoms with van der Waals surface area (Å²) in [5.41, 5.74) is 0.639. The van der Waals surface area contributed by atoms with Crippen LogP contribution in [0.4, 0.5) is 0 Å². The van der Waals surface area contributed by atoms with E-state index in [4.69, 9.17) is 16.9 Å². The molecule has 0 atom stereocenters. The lowest BCUT2D eigenvalue weighted by Crippen LogP contribution is -1.55. The first-order chi connectivity index (χ1) is 3.83. The van der Waals surface area contributed by atoms with Gasteiger partial charge in [0, 0.05) is 5.38 Å². The maximum Gasteiger partial charge on any atom is 0.100 e. The first-order valence-corrected chi connectivity index (χ1v) is 3.23. The van der Waals surface area contributed by atoms with E-state index in [0.717, 1.165) is 0 Å². The van der Waals surface area contributed by atoms with E-state index in [1.165, 1.54) is 11.3 Å². The Morgan fingerprint density at radius 2 is 2.50 bits per heavy atom. The average molecular weight is 144 g/mol. The number of thiophene rings is 1. The molecule has 3 heteroatoms. The third kappa shape index (κ3) is 1.00. The van der Waals surface area contributed by atoms with Crippen LogP contribution in [0.2, 0.25) is 4.34 Å². The Morgan fingerprint density at radius 3 is 2.75 bits per heavy atom. The third-order valence-corrected chi connectivity index (χ3v) is 1.79. The molecule has 1 rings (SSSR count). The summed E-state index contributed by atoms with van der Waals surface area (Å²) in [5, 5.41) is 9.97. The van der Waals surface area contributed by atoms with Gasteiger partial charge in [0.25, 0.3) is 0 Å². The van der Waals surface area contributed by atoms with Gasteiger partial charge in [-0.25, -0.2) is 0 Å². The molecule has 40 valence electrons. The average Bonchev–Trinajstić information content (AvgIpc) is 2.14. The van der Waals surface area contributed by atoms with Crippen LogP contribution in [0.25, 0.3) is 0 Å². The molecule has 0 bridgehead atoms. The van der Waals surface area contributed by atoms with Gasteiger partial charge in [-0.1, -0.05) is 11.6 Å². The van der Waals surface area contributed by atoms with Crippen molar-refractivity contribution in [2.24, 2.45) is 0 Å². The number of rotatable bonds is 0. The molecule has 0 radical (unpaired) electrons. The van der Waals surface area contributed by atoms with Crippen molar-refractivity contribution in [2.45, 2.75) is 0 Å². The van der Waals surface area contributed by atoms with Crippen LogP contribution >= 0.6 is 22.9 Å². The highest BCUT2D eigenvalue weighted by atomic mass is 35.5. The summed E-state index contributed by atoms with van der Waals surface area (Å²) >= 11 is 6.88. The minimum absolute atomic E-state index is 0.639. The van der Waals surface area contributed by atoms with Crippen molar-refractivity contribution < 1.29 is 0 Å². The second-order valence-corrected chi connectivity index (χ2v) is 2.79. The first kappa shape index (κ1) is 5.61. The topological polar surface area (TPSA) is 23.8 Å². The number of hydrogen-bond acceptors (Lipinski definition) is 2. The van der Waals surface area contributed by atoms with Crippen LogP contribution < -0.4 is 0 Å². The van der Waals surface area contributed by atoms with Gasteiger partial charge in [-0.15, -0.1) is 11.3 Å². The molecule has 0 unspecified atom stereocenters. The fourth-order valence-electron chi connectivity index (χ4n) is 0.369. The molecule has 0 spiro atoms. The van der Waals surface area contributed by atoms with Crippen molar-refractivity contribution in [3.63, 3.8) is 0 Å². The zero-order valence-corrected chi connectivity index (χ0v) is 5.46. The van der Waals surface area contributed by atoms with E-state index in [1.807, 2.05) is 6.07 Å².